The SMILES string of the molecule is NC(=O)C[C@H](O)[C@H](N)C(=O)O. The number of primary amides is 1. The Morgan fingerprint density at radius 1 is 1.45 bits per heavy atom. The largest absolute Gasteiger partial charge is 0.480 e. The summed E-state index contributed by atoms with van der Waals surface area (Å²) in [7, 11) is 0. The third kappa shape index (κ3) is 3.54. The zero-order valence-electron chi connectivity index (χ0n) is 5.73. The molecule has 0 saturated carbocycles. The molecule has 0 saturated heterocycles. The van der Waals surface area contributed by atoms with E-state index >= 15 is 0 Å². The highest BCUT2D eigenvalue weighted by Gasteiger charge is 2.22. The molecule has 0 fully saturated rings. The maximum Gasteiger partial charge on any atom is 0.323 e. The summed E-state index contributed by atoms with van der Waals surface area (Å²) in [6.07, 6.45) is -1.85. The summed E-state index contributed by atoms with van der Waals surface area (Å²) in [4.78, 5) is 20.2. The van der Waals surface area contributed by atoms with Crippen LogP contribution in [-0.4, -0.2) is 34.2 Å². The van der Waals surface area contributed by atoms with Gasteiger partial charge in [-0.3, -0.25) is 9.59 Å². The van der Waals surface area contributed by atoms with E-state index in [4.69, 9.17) is 15.9 Å². The number of carboxylic acids is 1. The first-order chi connectivity index (χ1) is 4.95. The first kappa shape index (κ1) is 9.86. The van der Waals surface area contributed by atoms with Crippen LogP contribution in [0.3, 0.4) is 0 Å². The molecule has 1 amide bonds. The van der Waals surface area contributed by atoms with Gasteiger partial charge in [0.05, 0.1) is 12.5 Å². The highest BCUT2D eigenvalue weighted by Crippen LogP contribution is 1.95. The lowest BCUT2D eigenvalue weighted by Gasteiger charge is -2.11. The first-order valence-electron chi connectivity index (χ1n) is 2.90. The van der Waals surface area contributed by atoms with Crippen molar-refractivity contribution in [2.24, 2.45) is 11.5 Å². The number of rotatable bonds is 4. The van der Waals surface area contributed by atoms with Crippen molar-refractivity contribution >= 4 is 11.9 Å². The van der Waals surface area contributed by atoms with E-state index in [-0.39, 0.29) is 0 Å². The molecule has 11 heavy (non-hydrogen) atoms. The maximum atomic E-state index is 10.2. The Balaban J connectivity index is 3.92. The molecule has 6 nitrogen and oxygen atoms in total. The van der Waals surface area contributed by atoms with Gasteiger partial charge in [-0.25, -0.2) is 0 Å². The van der Waals surface area contributed by atoms with E-state index in [1.54, 1.807) is 0 Å². The molecule has 0 aliphatic carbocycles. The van der Waals surface area contributed by atoms with Gasteiger partial charge < -0.3 is 21.7 Å². The van der Waals surface area contributed by atoms with Crippen molar-refractivity contribution in [3.63, 3.8) is 0 Å². The molecule has 0 aliphatic heterocycles. The molecule has 0 aliphatic rings. The molecule has 0 unspecified atom stereocenters. The smallest absolute Gasteiger partial charge is 0.323 e. The number of aliphatic carboxylic acids is 1. The van der Waals surface area contributed by atoms with E-state index in [0.717, 1.165) is 0 Å². The molecule has 0 heterocycles. The number of carboxylic acid groups (broad SMARTS) is 1. The summed E-state index contributed by atoms with van der Waals surface area (Å²) in [5.41, 5.74) is 9.63. The Hall–Kier alpha value is -1.14. The van der Waals surface area contributed by atoms with Crippen LogP contribution in [0.5, 0.6) is 0 Å². The van der Waals surface area contributed by atoms with Crippen molar-refractivity contribution < 1.29 is 19.8 Å². The third-order valence-corrected chi connectivity index (χ3v) is 1.11. The summed E-state index contributed by atoms with van der Waals surface area (Å²) in [5, 5.41) is 17.1. The van der Waals surface area contributed by atoms with Crippen LogP contribution in [0, 0.1) is 0 Å². The number of hydrogen-bond acceptors (Lipinski definition) is 4. The first-order valence-corrected chi connectivity index (χ1v) is 2.90. The van der Waals surface area contributed by atoms with Gasteiger partial charge in [-0.15, -0.1) is 0 Å². The van der Waals surface area contributed by atoms with Crippen LogP contribution in [-0.2, 0) is 9.59 Å². The highest BCUT2D eigenvalue weighted by molar-refractivity contribution is 5.78. The van der Waals surface area contributed by atoms with Gasteiger partial charge in [-0.1, -0.05) is 0 Å². The van der Waals surface area contributed by atoms with E-state index in [1.165, 1.54) is 0 Å². The molecular weight excluding hydrogens is 152 g/mol. The average molecular weight is 162 g/mol. The van der Waals surface area contributed by atoms with Gasteiger partial charge in [0.2, 0.25) is 5.91 Å². The summed E-state index contributed by atoms with van der Waals surface area (Å²) >= 11 is 0. The summed E-state index contributed by atoms with van der Waals surface area (Å²) in [5.74, 6) is -2.15. The molecule has 0 aromatic carbocycles. The number of carbonyl (C=O) groups is 2. The molecule has 0 bridgehead atoms. The van der Waals surface area contributed by atoms with Crippen molar-refractivity contribution in [2.45, 2.75) is 18.6 Å². The van der Waals surface area contributed by atoms with Gasteiger partial charge in [-0.2, -0.15) is 0 Å². The number of amides is 1. The summed E-state index contributed by atoms with van der Waals surface area (Å²) < 4.78 is 0. The molecular formula is C5H10N2O4. The predicted molar refractivity (Wildman–Crippen MR) is 35.4 cm³/mol. The zero-order valence-corrected chi connectivity index (χ0v) is 5.73. The van der Waals surface area contributed by atoms with Crippen LogP contribution in [0.2, 0.25) is 0 Å². The van der Waals surface area contributed by atoms with Crippen LogP contribution in [0.15, 0.2) is 0 Å². The van der Waals surface area contributed by atoms with E-state index in [2.05, 4.69) is 5.73 Å². The molecule has 6 heteroatoms. The fourth-order valence-electron chi connectivity index (χ4n) is 0.498. The fourth-order valence-corrected chi connectivity index (χ4v) is 0.498. The fraction of sp³-hybridized carbons (Fsp3) is 0.600. The number of aliphatic hydroxyl groups is 1. The van der Waals surface area contributed by atoms with Crippen LogP contribution in [0.25, 0.3) is 0 Å². The molecule has 0 rings (SSSR count). The van der Waals surface area contributed by atoms with Gasteiger partial charge in [0, 0.05) is 0 Å². The zero-order chi connectivity index (χ0) is 9.02. The second kappa shape index (κ2) is 3.89. The highest BCUT2D eigenvalue weighted by atomic mass is 16.4. The van der Waals surface area contributed by atoms with Gasteiger partial charge >= 0.3 is 5.97 Å². The lowest BCUT2D eigenvalue weighted by molar-refractivity contribution is -0.141. The minimum absolute atomic E-state index is 0.437. The van der Waals surface area contributed by atoms with Gasteiger partial charge in [-0.05, 0) is 0 Å². The lowest BCUT2D eigenvalue weighted by Crippen LogP contribution is -2.43. The molecule has 0 aromatic rings. The van der Waals surface area contributed by atoms with Gasteiger partial charge in [0.1, 0.15) is 6.04 Å². The van der Waals surface area contributed by atoms with Crippen LogP contribution in [0.1, 0.15) is 6.42 Å². The molecule has 64 valence electrons. The average Bonchev–Trinajstić information content (AvgIpc) is 1.84. The van der Waals surface area contributed by atoms with E-state index in [9.17, 15) is 9.59 Å². The monoisotopic (exact) mass is 162 g/mol. The Bertz CT molecular complexity index is 170. The van der Waals surface area contributed by atoms with E-state index in [0.29, 0.717) is 0 Å². The van der Waals surface area contributed by atoms with Gasteiger partial charge in [0.15, 0.2) is 0 Å². The van der Waals surface area contributed by atoms with Crippen LogP contribution >= 0.6 is 0 Å². The third-order valence-electron chi connectivity index (χ3n) is 1.11. The van der Waals surface area contributed by atoms with Crippen molar-refractivity contribution in [2.75, 3.05) is 0 Å². The lowest BCUT2D eigenvalue weighted by atomic mass is 10.1. The minimum Gasteiger partial charge on any atom is -0.480 e. The number of carbonyl (C=O) groups excluding carboxylic acids is 1. The second-order valence-corrected chi connectivity index (χ2v) is 2.10. The van der Waals surface area contributed by atoms with Crippen LogP contribution in [0.4, 0.5) is 0 Å². The van der Waals surface area contributed by atoms with Crippen molar-refractivity contribution in [1.29, 1.82) is 0 Å². The van der Waals surface area contributed by atoms with E-state index < -0.39 is 30.4 Å². The minimum atomic E-state index is -1.46. The molecule has 0 aromatic heterocycles. The molecule has 0 spiro atoms. The van der Waals surface area contributed by atoms with Crippen molar-refractivity contribution in [3.05, 3.63) is 0 Å². The predicted octanol–water partition coefficient (Wildman–Crippen LogP) is -2.37. The summed E-state index contributed by atoms with van der Waals surface area (Å²) in [6.45, 7) is 0. The van der Waals surface area contributed by atoms with Crippen molar-refractivity contribution in [3.8, 4) is 0 Å². The Morgan fingerprint density at radius 3 is 2.18 bits per heavy atom. The molecule has 2 atom stereocenters. The molecule has 0 radical (unpaired) electrons. The number of hydrogen-bond donors (Lipinski definition) is 4. The quantitative estimate of drug-likeness (QED) is 0.367. The second-order valence-electron chi connectivity index (χ2n) is 2.10. The number of aliphatic hydroxyl groups excluding tert-OH is 1. The topological polar surface area (TPSA) is 127 Å². The summed E-state index contributed by atoms with van der Waals surface area (Å²) in [6, 6.07) is -1.46. The number of nitrogens with two attached hydrogens (primary N) is 2. The van der Waals surface area contributed by atoms with Crippen molar-refractivity contribution in [1.82, 2.24) is 0 Å². The van der Waals surface area contributed by atoms with Crippen LogP contribution < -0.4 is 11.5 Å². The Morgan fingerprint density at radius 2 is 1.91 bits per heavy atom. The Kier molecular flexibility index (Phi) is 3.49. The Labute approximate surface area is 62.8 Å². The molecule has 6 N–H and O–H groups in total. The standard InChI is InChI=1S/C5H10N2O4/c6-3(9)1-2(8)4(7)5(10)11/h2,4,8H,1,7H2,(H2,6,9)(H,10,11)/t2-,4-/m0/s1. The maximum absolute atomic E-state index is 10.2. The van der Waals surface area contributed by atoms with E-state index in [1.807, 2.05) is 0 Å². The van der Waals surface area contributed by atoms with Gasteiger partial charge in [0.25, 0.3) is 0 Å². The normalized spacial score (nSPS) is 15.5.